The van der Waals surface area contributed by atoms with E-state index in [0.717, 1.165) is 135 Å². The number of para-hydroxylation sites is 5. The second kappa shape index (κ2) is 26.0. The molecule has 10 aromatic rings. The van der Waals surface area contributed by atoms with E-state index in [1.165, 1.54) is 11.4 Å². The summed E-state index contributed by atoms with van der Waals surface area (Å²) < 4.78 is 39.0. The predicted molar refractivity (Wildman–Crippen MR) is 364 cm³/mol. The van der Waals surface area contributed by atoms with E-state index < -0.39 is 6.10 Å². The molecule has 0 aliphatic carbocycles. The smallest absolute Gasteiger partial charge is 0.213 e. The maximum atomic E-state index is 10.0. The predicted octanol–water partition coefficient (Wildman–Crippen LogP) is 15.3. The summed E-state index contributed by atoms with van der Waals surface area (Å²) in [6, 6.07) is 51.5. The van der Waals surface area contributed by atoms with E-state index in [1.54, 1.807) is 0 Å². The highest BCUT2D eigenvalue weighted by Crippen LogP contribution is 2.40. The zero-order chi connectivity index (χ0) is 65.3. The minimum atomic E-state index is -0.546. The van der Waals surface area contributed by atoms with Crippen LogP contribution in [0.1, 0.15) is 139 Å². The van der Waals surface area contributed by atoms with Crippen molar-refractivity contribution < 1.29 is 33.5 Å². The summed E-state index contributed by atoms with van der Waals surface area (Å²) in [5, 5.41) is 32.3. The van der Waals surface area contributed by atoms with Gasteiger partial charge in [0.25, 0.3) is 0 Å². The number of aryl methyl sites for hydroxylation is 1. The van der Waals surface area contributed by atoms with Crippen molar-refractivity contribution in [2.45, 2.75) is 176 Å². The van der Waals surface area contributed by atoms with Crippen LogP contribution in [-0.2, 0) is 60.0 Å². The van der Waals surface area contributed by atoms with Gasteiger partial charge in [0, 0.05) is 73.9 Å². The van der Waals surface area contributed by atoms with Crippen LogP contribution in [0.4, 0.5) is 0 Å². The molecule has 0 fully saturated rings. The van der Waals surface area contributed by atoms with Crippen LogP contribution in [0.3, 0.4) is 0 Å². The number of H-pyrrole nitrogens is 1. The van der Waals surface area contributed by atoms with Gasteiger partial charge in [-0.3, -0.25) is 14.0 Å². The number of hydrogen-bond acceptors (Lipinski definition) is 10. The molecule has 1 atom stereocenters. The number of aromatic amines is 1. The largest absolute Gasteiger partial charge is 0.493 e. The summed E-state index contributed by atoms with van der Waals surface area (Å²) in [6.45, 7) is 38.8. The van der Waals surface area contributed by atoms with E-state index >= 15 is 0 Å². The summed E-state index contributed by atoms with van der Waals surface area (Å²) in [6.07, 6.45) is 0.446. The van der Waals surface area contributed by atoms with Crippen LogP contribution in [0, 0.1) is 0 Å². The molecule has 15 rings (SSSR count). The van der Waals surface area contributed by atoms with Crippen molar-refractivity contribution in [3.8, 4) is 85.0 Å². The van der Waals surface area contributed by atoms with Crippen LogP contribution in [0.25, 0.3) is 56.3 Å². The van der Waals surface area contributed by atoms with Crippen LogP contribution >= 0.6 is 0 Å². The molecule has 16 nitrogen and oxygen atoms in total. The molecule has 92 heavy (non-hydrogen) atoms. The molecule has 0 saturated heterocycles. The van der Waals surface area contributed by atoms with E-state index in [2.05, 4.69) is 194 Å². The van der Waals surface area contributed by atoms with Gasteiger partial charge in [0.2, 0.25) is 12.2 Å². The number of aliphatic hydroxyl groups excluding tert-OH is 1. The van der Waals surface area contributed by atoms with Gasteiger partial charge in [0.15, 0.2) is 6.73 Å². The lowest BCUT2D eigenvalue weighted by Gasteiger charge is -2.20. The molecule has 5 aliphatic rings. The van der Waals surface area contributed by atoms with Gasteiger partial charge in [-0.15, -0.1) is 4.68 Å². The van der Waals surface area contributed by atoms with Gasteiger partial charge in [-0.25, -0.2) is 4.68 Å². The number of nitrogens with one attached hydrogen (secondary N) is 1. The molecule has 0 spiro atoms. The topological polar surface area (TPSA) is 157 Å². The maximum absolute atomic E-state index is 10.0. The van der Waals surface area contributed by atoms with Gasteiger partial charge in [-0.05, 0) is 84.9 Å². The first kappa shape index (κ1) is 64.6. The molecule has 1 unspecified atom stereocenters. The van der Waals surface area contributed by atoms with Crippen LogP contribution in [0.15, 0.2) is 152 Å². The molecule has 5 aromatic carbocycles. The third kappa shape index (κ3) is 14.6. The summed E-state index contributed by atoms with van der Waals surface area (Å²) in [4.78, 5) is 0. The summed E-state index contributed by atoms with van der Waals surface area (Å²) in [7, 11) is 0. The molecule has 0 saturated carbocycles. The standard InChI is InChI=1S/C16H20N2O2.C16H20N2O.2C15H18N2O.C14H16N2O/c1-16(2,3)15-8-13-12-6-4-5-7-14(12)20-10-11(19)9-18(13)17-15;1-16(2,3)15-11-13-12-7-4-5-8-14(12)19-10-6-9-18(13)17-15;1-15(2,3)14-10-12-11-6-4-5-7-13(11)18-9-8-17(12)16-14;1-15(2,3)14-10-12-11-6-4-5-7-13(11)18-9-8-17(14)16-12;1-14(2,3)13-8-11-10-6-4-5-7-12(10)17-9-16(11)15-13/h4-8,11,19H,9-10H2,1-3H3;4-5,7-8,11H,6,9-10H2,1-3H3;2*4-7,10H,8-9H2,1-3H3;4-8H,9H2,1-3H3/p+1. The number of aliphatic hydroxyl groups is 1. The van der Waals surface area contributed by atoms with Crippen LogP contribution in [0.2, 0.25) is 0 Å². The normalized spacial score (nSPS) is 15.3. The third-order valence-electron chi connectivity index (χ3n) is 16.7. The van der Waals surface area contributed by atoms with E-state index in [1.807, 2.05) is 100 Å². The Morgan fingerprint density at radius 2 is 0.772 bits per heavy atom. The van der Waals surface area contributed by atoms with Crippen molar-refractivity contribution in [2.24, 2.45) is 0 Å². The third-order valence-corrected chi connectivity index (χ3v) is 16.7. The molecule has 2 N–H and O–H groups in total. The molecule has 16 heteroatoms. The Kier molecular flexibility index (Phi) is 18.3. The van der Waals surface area contributed by atoms with Gasteiger partial charge in [-0.1, -0.05) is 165 Å². The summed E-state index contributed by atoms with van der Waals surface area (Å²) in [5.74, 6) is 4.62. The SMILES string of the molecule is CC(C)(C)c1cc2[nH][n+]1CCOc1ccccc1-2.CC(C)(C)c1cc2n(n1)CC(O)COc1ccccc1-2.CC(C)(C)c1cc2n(n1)CCCOc1ccccc1-2.CC(C)(C)c1cc2n(n1)CCOc1ccccc1-2.CC(C)(C)c1cc2n(n1)COc1ccccc1-2. The molecule has 0 amide bonds. The Labute approximate surface area is 543 Å². The zero-order valence-electron chi connectivity index (χ0n) is 56.6. The number of benzene rings is 5. The van der Waals surface area contributed by atoms with E-state index in [-0.39, 0.29) is 27.1 Å². The number of ether oxygens (including phenoxy) is 5. The molecule has 10 heterocycles. The first-order valence-corrected chi connectivity index (χ1v) is 32.4. The minimum Gasteiger partial charge on any atom is -0.493 e. The summed E-state index contributed by atoms with van der Waals surface area (Å²) in [5.41, 5.74) is 17.2. The highest BCUT2D eigenvalue weighted by atomic mass is 16.5. The van der Waals surface area contributed by atoms with Gasteiger partial charge in [0.05, 0.1) is 65.2 Å². The second-order valence-corrected chi connectivity index (χ2v) is 29.4. The number of rotatable bonds is 0. The highest BCUT2D eigenvalue weighted by molar-refractivity contribution is 5.72. The van der Waals surface area contributed by atoms with Crippen LogP contribution in [-0.4, -0.2) is 81.9 Å². The lowest BCUT2D eigenvalue weighted by atomic mass is 9.91. The van der Waals surface area contributed by atoms with E-state index in [4.69, 9.17) is 33.9 Å². The lowest BCUT2D eigenvalue weighted by Crippen LogP contribution is -2.46. The van der Waals surface area contributed by atoms with Crippen molar-refractivity contribution in [3.63, 3.8) is 0 Å². The fraction of sp³-hybridized carbons (Fsp3) is 0.408. The Hall–Kier alpha value is -8.89. The second-order valence-electron chi connectivity index (χ2n) is 29.4. The molecule has 2 bridgehead atoms. The van der Waals surface area contributed by atoms with Crippen LogP contribution < -0.4 is 28.4 Å². The number of hydrogen-bond donors (Lipinski definition) is 2. The van der Waals surface area contributed by atoms with Gasteiger partial charge in [0.1, 0.15) is 60.4 Å². The van der Waals surface area contributed by atoms with Crippen molar-refractivity contribution in [1.82, 2.24) is 44.2 Å². The molecule has 5 aromatic heterocycles. The number of aromatic nitrogens is 10. The molecule has 5 aliphatic heterocycles. The highest BCUT2D eigenvalue weighted by Gasteiger charge is 2.32. The monoisotopic (exact) mass is 1240 g/mol. The number of fused-ring (bicyclic) bond motifs is 16. The molecular formula is C76H93N10O6+. The summed E-state index contributed by atoms with van der Waals surface area (Å²) >= 11 is 0. The molecule has 482 valence electrons. The van der Waals surface area contributed by atoms with Gasteiger partial charge in [-0.2, -0.15) is 25.5 Å². The minimum absolute atomic E-state index is 0.0190. The first-order valence-electron chi connectivity index (χ1n) is 32.4. The van der Waals surface area contributed by atoms with Crippen molar-refractivity contribution >= 4 is 0 Å². The molecular weight excluding hydrogens is 1150 g/mol. The fourth-order valence-corrected chi connectivity index (χ4v) is 11.5. The molecule has 0 radical (unpaired) electrons. The Balaban J connectivity index is 0.000000118. The zero-order valence-corrected chi connectivity index (χ0v) is 56.6. The number of nitrogens with zero attached hydrogens (tertiary/aromatic N) is 9. The maximum Gasteiger partial charge on any atom is 0.213 e. The quantitative estimate of drug-likeness (QED) is 0.140. The Bertz CT molecular complexity index is 4180. The van der Waals surface area contributed by atoms with Crippen molar-refractivity contribution in [2.75, 3.05) is 26.4 Å². The van der Waals surface area contributed by atoms with Crippen molar-refractivity contribution in [3.05, 3.63) is 180 Å². The van der Waals surface area contributed by atoms with Gasteiger partial charge >= 0.3 is 0 Å². The average molecular weight is 1240 g/mol. The average Bonchev–Trinajstić information content (AvgIpc) is 1.66. The van der Waals surface area contributed by atoms with E-state index in [9.17, 15) is 5.11 Å². The fourth-order valence-electron chi connectivity index (χ4n) is 11.5. The van der Waals surface area contributed by atoms with Gasteiger partial charge < -0.3 is 28.8 Å². The van der Waals surface area contributed by atoms with Crippen molar-refractivity contribution in [1.29, 1.82) is 0 Å². The van der Waals surface area contributed by atoms with E-state index in [0.29, 0.717) is 33.1 Å². The Morgan fingerprint density at radius 3 is 1.25 bits per heavy atom. The first-order chi connectivity index (χ1) is 43.7. The Morgan fingerprint density at radius 1 is 0.402 bits per heavy atom. The lowest BCUT2D eigenvalue weighted by molar-refractivity contribution is -0.759. The van der Waals surface area contributed by atoms with Crippen LogP contribution in [0.5, 0.6) is 28.7 Å².